The van der Waals surface area contributed by atoms with Gasteiger partial charge in [0, 0.05) is 24.2 Å². The van der Waals surface area contributed by atoms with Gasteiger partial charge in [0.1, 0.15) is 5.82 Å². The molecular weight excluding hydrogens is 414 g/mol. The molecule has 1 saturated heterocycles. The van der Waals surface area contributed by atoms with Crippen molar-refractivity contribution in [3.05, 3.63) is 57.8 Å². The molecule has 2 aromatic carbocycles. The molecule has 0 spiro atoms. The standard InChI is InChI=1S/C18H14Cl2F3N5/c19-10-3-4-15(13(20)7-10)24-18-26-25-17(28(18)27-5-1-2-6-27)12-8-11(21)9-14(22)16(12)23/h3-4,7-9H,1-2,5-6H2,(H,24,26). The lowest BCUT2D eigenvalue weighted by molar-refractivity contribution is 0.496. The number of nitrogens with one attached hydrogen (secondary N) is 1. The number of halogens is 5. The first-order chi connectivity index (χ1) is 13.4. The minimum atomic E-state index is -1.29. The maximum absolute atomic E-state index is 14.4. The summed E-state index contributed by atoms with van der Waals surface area (Å²) in [7, 11) is 0. The Balaban J connectivity index is 1.82. The molecule has 0 amide bonds. The van der Waals surface area contributed by atoms with E-state index in [0.29, 0.717) is 34.9 Å². The molecule has 28 heavy (non-hydrogen) atoms. The zero-order chi connectivity index (χ0) is 19.8. The third-order valence-corrected chi connectivity index (χ3v) is 4.97. The molecule has 1 fully saturated rings. The molecule has 3 aromatic rings. The summed E-state index contributed by atoms with van der Waals surface area (Å²) in [5, 5.41) is 13.8. The van der Waals surface area contributed by atoms with Gasteiger partial charge in [-0.15, -0.1) is 10.2 Å². The lowest BCUT2D eigenvalue weighted by atomic mass is 10.2. The quantitative estimate of drug-likeness (QED) is 0.585. The van der Waals surface area contributed by atoms with Crippen LogP contribution in [0.5, 0.6) is 0 Å². The summed E-state index contributed by atoms with van der Waals surface area (Å²) in [5.41, 5.74) is 0.198. The van der Waals surface area contributed by atoms with Crippen molar-refractivity contribution in [2.24, 2.45) is 0 Å². The van der Waals surface area contributed by atoms with Crippen molar-refractivity contribution in [1.29, 1.82) is 0 Å². The molecule has 0 radical (unpaired) electrons. The molecule has 1 aliphatic heterocycles. The number of rotatable bonds is 4. The van der Waals surface area contributed by atoms with Gasteiger partial charge in [-0.05, 0) is 37.1 Å². The Labute approximate surface area is 168 Å². The number of benzene rings is 2. The third-order valence-electron chi connectivity index (χ3n) is 4.42. The highest BCUT2D eigenvalue weighted by atomic mass is 35.5. The first-order valence-electron chi connectivity index (χ1n) is 8.51. The van der Waals surface area contributed by atoms with Crippen LogP contribution in [0.1, 0.15) is 12.8 Å². The Morgan fingerprint density at radius 2 is 1.71 bits per heavy atom. The summed E-state index contributed by atoms with van der Waals surface area (Å²) in [6.07, 6.45) is 1.83. The minimum absolute atomic E-state index is 0.00890. The molecule has 0 unspecified atom stereocenters. The molecule has 4 rings (SSSR count). The van der Waals surface area contributed by atoms with Crippen LogP contribution in [0.2, 0.25) is 10.0 Å². The first kappa shape index (κ1) is 18.9. The van der Waals surface area contributed by atoms with Gasteiger partial charge in [-0.2, -0.15) is 0 Å². The lowest BCUT2D eigenvalue weighted by Gasteiger charge is -2.23. The molecular formula is C18H14Cl2F3N5. The highest BCUT2D eigenvalue weighted by Crippen LogP contribution is 2.31. The largest absolute Gasteiger partial charge is 0.321 e. The fourth-order valence-corrected chi connectivity index (χ4v) is 3.58. The second-order valence-electron chi connectivity index (χ2n) is 6.32. The normalized spacial score (nSPS) is 14.0. The van der Waals surface area contributed by atoms with Crippen molar-refractivity contribution < 1.29 is 13.2 Å². The van der Waals surface area contributed by atoms with Crippen LogP contribution in [0.25, 0.3) is 11.4 Å². The summed E-state index contributed by atoms with van der Waals surface area (Å²) < 4.78 is 43.4. The molecule has 2 heterocycles. The molecule has 1 aromatic heterocycles. The summed E-state index contributed by atoms with van der Waals surface area (Å²) >= 11 is 12.1. The topological polar surface area (TPSA) is 46.0 Å². The van der Waals surface area contributed by atoms with Crippen LogP contribution >= 0.6 is 23.2 Å². The van der Waals surface area contributed by atoms with Gasteiger partial charge in [0.2, 0.25) is 5.95 Å². The minimum Gasteiger partial charge on any atom is -0.321 e. The van der Waals surface area contributed by atoms with E-state index in [1.54, 1.807) is 18.2 Å². The van der Waals surface area contributed by atoms with Crippen molar-refractivity contribution in [2.75, 3.05) is 23.4 Å². The van der Waals surface area contributed by atoms with Crippen LogP contribution in [0.15, 0.2) is 30.3 Å². The van der Waals surface area contributed by atoms with Crippen molar-refractivity contribution in [1.82, 2.24) is 14.9 Å². The Kier molecular flexibility index (Phi) is 5.07. The molecule has 1 aliphatic rings. The molecule has 5 nitrogen and oxygen atoms in total. The molecule has 10 heteroatoms. The van der Waals surface area contributed by atoms with Crippen LogP contribution in [0.4, 0.5) is 24.8 Å². The van der Waals surface area contributed by atoms with E-state index < -0.39 is 17.5 Å². The van der Waals surface area contributed by atoms with E-state index in [0.717, 1.165) is 18.9 Å². The zero-order valence-electron chi connectivity index (χ0n) is 14.4. The average Bonchev–Trinajstić information content (AvgIpc) is 3.30. The monoisotopic (exact) mass is 427 g/mol. The Hall–Kier alpha value is -2.45. The average molecular weight is 428 g/mol. The van der Waals surface area contributed by atoms with E-state index in [2.05, 4.69) is 15.5 Å². The van der Waals surface area contributed by atoms with Gasteiger partial charge in [0.15, 0.2) is 17.5 Å². The van der Waals surface area contributed by atoms with E-state index in [9.17, 15) is 13.2 Å². The van der Waals surface area contributed by atoms with E-state index in [1.807, 2.05) is 5.01 Å². The maximum atomic E-state index is 14.4. The molecule has 0 saturated carbocycles. The predicted octanol–water partition coefficient (Wildman–Crippen LogP) is 5.14. The number of hydrogen-bond acceptors (Lipinski definition) is 4. The van der Waals surface area contributed by atoms with Gasteiger partial charge in [-0.25, -0.2) is 17.8 Å². The Bertz CT molecular complexity index is 1030. The van der Waals surface area contributed by atoms with Crippen LogP contribution in [0.3, 0.4) is 0 Å². The third kappa shape index (κ3) is 3.49. The Morgan fingerprint density at radius 3 is 2.43 bits per heavy atom. The highest BCUT2D eigenvalue weighted by Gasteiger charge is 2.26. The molecule has 0 aliphatic carbocycles. The molecule has 0 bridgehead atoms. The van der Waals surface area contributed by atoms with Crippen molar-refractivity contribution in [3.63, 3.8) is 0 Å². The zero-order valence-corrected chi connectivity index (χ0v) is 15.9. The second kappa shape index (κ2) is 7.52. The van der Waals surface area contributed by atoms with Crippen molar-refractivity contribution in [3.8, 4) is 11.4 Å². The fraction of sp³-hybridized carbons (Fsp3) is 0.222. The fourth-order valence-electron chi connectivity index (χ4n) is 3.12. The van der Waals surface area contributed by atoms with Crippen LogP contribution < -0.4 is 10.3 Å². The Morgan fingerprint density at radius 1 is 0.964 bits per heavy atom. The number of nitrogens with zero attached hydrogens (tertiary/aromatic N) is 4. The lowest BCUT2D eigenvalue weighted by Crippen LogP contribution is -2.33. The number of anilines is 2. The van der Waals surface area contributed by atoms with Gasteiger partial charge < -0.3 is 10.3 Å². The summed E-state index contributed by atoms with van der Waals surface area (Å²) in [6.45, 7) is 1.32. The van der Waals surface area contributed by atoms with E-state index in [1.165, 1.54) is 4.68 Å². The van der Waals surface area contributed by atoms with Crippen molar-refractivity contribution >= 4 is 34.8 Å². The summed E-state index contributed by atoms with van der Waals surface area (Å²) in [4.78, 5) is 0. The van der Waals surface area contributed by atoms with Crippen LogP contribution in [-0.4, -0.2) is 28.0 Å². The van der Waals surface area contributed by atoms with E-state index in [4.69, 9.17) is 23.2 Å². The highest BCUT2D eigenvalue weighted by molar-refractivity contribution is 6.36. The van der Waals surface area contributed by atoms with E-state index >= 15 is 0 Å². The van der Waals surface area contributed by atoms with Gasteiger partial charge in [-0.3, -0.25) is 0 Å². The molecule has 146 valence electrons. The molecule has 0 atom stereocenters. The second-order valence-corrected chi connectivity index (χ2v) is 7.16. The van der Waals surface area contributed by atoms with E-state index in [-0.39, 0.29) is 17.3 Å². The number of hydrogen-bond donors (Lipinski definition) is 1. The van der Waals surface area contributed by atoms with Gasteiger partial charge in [-0.1, -0.05) is 23.2 Å². The maximum Gasteiger partial charge on any atom is 0.248 e. The summed E-state index contributed by atoms with van der Waals surface area (Å²) in [6, 6.07) is 6.26. The van der Waals surface area contributed by atoms with Crippen molar-refractivity contribution in [2.45, 2.75) is 12.8 Å². The smallest absolute Gasteiger partial charge is 0.248 e. The van der Waals surface area contributed by atoms with Crippen LogP contribution in [0, 0.1) is 17.5 Å². The van der Waals surface area contributed by atoms with Gasteiger partial charge in [0.25, 0.3) is 0 Å². The predicted molar refractivity (Wildman–Crippen MR) is 102 cm³/mol. The molecule has 1 N–H and O–H groups in total. The number of aromatic nitrogens is 3. The van der Waals surface area contributed by atoms with Gasteiger partial charge >= 0.3 is 0 Å². The SMILES string of the molecule is Fc1cc(F)c(F)c(-c2nnc(Nc3ccc(Cl)cc3Cl)n2N2CCCC2)c1. The van der Waals surface area contributed by atoms with Gasteiger partial charge in [0.05, 0.1) is 16.3 Å². The summed E-state index contributed by atoms with van der Waals surface area (Å²) in [5.74, 6) is -3.15. The van der Waals surface area contributed by atoms with Crippen LogP contribution in [-0.2, 0) is 0 Å². The first-order valence-corrected chi connectivity index (χ1v) is 9.27.